The molecule has 0 saturated carbocycles. The number of aryl methyl sites for hydroxylation is 1. The first kappa shape index (κ1) is 10.4. The molecule has 0 aliphatic heterocycles. The van der Waals surface area contributed by atoms with Crippen LogP contribution >= 0.6 is 15.9 Å². The summed E-state index contributed by atoms with van der Waals surface area (Å²) in [5.74, 6) is 0.358. The highest BCUT2D eigenvalue weighted by Crippen LogP contribution is 2.29. The molecule has 0 aliphatic rings. The molecule has 2 nitrogen and oxygen atoms in total. The number of methoxy groups -OCH3 is 1. The number of nitrogens with zero attached hydrogens (tertiary/aromatic N) is 1. The lowest BCUT2D eigenvalue weighted by molar-refractivity contribution is 0.149. The van der Waals surface area contributed by atoms with Gasteiger partial charge in [0.1, 0.15) is 4.60 Å². The van der Waals surface area contributed by atoms with E-state index in [4.69, 9.17) is 4.74 Å². The first-order valence-electron chi connectivity index (χ1n) is 3.55. The molecule has 0 aliphatic carbocycles. The summed E-state index contributed by atoms with van der Waals surface area (Å²) in [7, 11) is 1.45. The third-order valence-electron chi connectivity index (χ3n) is 1.58. The van der Waals surface area contributed by atoms with Crippen LogP contribution in [-0.2, 0) is 0 Å². The Hall–Kier alpha value is -0.710. The number of halogens is 3. The fourth-order valence-corrected chi connectivity index (χ4v) is 1.40. The van der Waals surface area contributed by atoms with Crippen LogP contribution in [0.15, 0.2) is 10.7 Å². The van der Waals surface area contributed by atoms with Crippen LogP contribution in [-0.4, -0.2) is 12.1 Å². The Bertz CT molecular complexity index is 317. The van der Waals surface area contributed by atoms with E-state index in [1.165, 1.54) is 13.2 Å². The molecule has 0 fully saturated rings. The number of hydrogen-bond acceptors (Lipinski definition) is 2. The molecule has 5 heteroatoms. The second kappa shape index (κ2) is 4.00. The second-order valence-corrected chi connectivity index (χ2v) is 3.25. The zero-order chi connectivity index (χ0) is 10.0. The second-order valence-electron chi connectivity index (χ2n) is 2.50. The Morgan fingerprint density at radius 3 is 2.62 bits per heavy atom. The van der Waals surface area contributed by atoms with Gasteiger partial charge in [-0.3, -0.25) is 0 Å². The molecular weight excluding hydrogens is 244 g/mol. The van der Waals surface area contributed by atoms with Gasteiger partial charge in [-0.1, -0.05) is 0 Å². The minimum Gasteiger partial charge on any atom is -0.481 e. The van der Waals surface area contributed by atoms with Crippen LogP contribution in [0.3, 0.4) is 0 Å². The molecule has 0 aromatic carbocycles. The summed E-state index contributed by atoms with van der Waals surface area (Å²) in [6, 6.07) is 1.36. The van der Waals surface area contributed by atoms with Crippen molar-refractivity contribution in [3.63, 3.8) is 0 Å². The molecule has 0 saturated heterocycles. The van der Waals surface area contributed by atoms with Gasteiger partial charge in [-0.2, -0.15) is 0 Å². The number of ether oxygens (including phenoxy) is 1. The summed E-state index contributed by atoms with van der Waals surface area (Å²) in [6.45, 7) is 1.67. The van der Waals surface area contributed by atoms with Crippen LogP contribution in [0.25, 0.3) is 0 Å². The van der Waals surface area contributed by atoms with Gasteiger partial charge in [0, 0.05) is 5.56 Å². The largest absolute Gasteiger partial charge is 0.481 e. The normalized spacial score (nSPS) is 10.6. The molecule has 1 rings (SSSR count). The quantitative estimate of drug-likeness (QED) is 0.754. The van der Waals surface area contributed by atoms with Gasteiger partial charge in [0.25, 0.3) is 6.43 Å². The van der Waals surface area contributed by atoms with Crippen molar-refractivity contribution in [2.24, 2.45) is 0 Å². The molecule has 0 atom stereocenters. The van der Waals surface area contributed by atoms with Crippen LogP contribution in [0.2, 0.25) is 0 Å². The van der Waals surface area contributed by atoms with Crippen LogP contribution in [0, 0.1) is 6.92 Å². The number of alkyl halides is 2. The predicted molar refractivity (Wildman–Crippen MR) is 48.2 cm³/mol. The SMILES string of the molecule is COc1nc(Br)c(C(F)F)cc1C. The van der Waals surface area contributed by atoms with Gasteiger partial charge < -0.3 is 4.74 Å². The molecule has 0 amide bonds. The van der Waals surface area contributed by atoms with Gasteiger partial charge in [-0.25, -0.2) is 13.8 Å². The highest BCUT2D eigenvalue weighted by atomic mass is 79.9. The van der Waals surface area contributed by atoms with Gasteiger partial charge >= 0.3 is 0 Å². The van der Waals surface area contributed by atoms with Crippen molar-refractivity contribution in [3.8, 4) is 5.88 Å². The maximum atomic E-state index is 12.3. The van der Waals surface area contributed by atoms with Crippen LogP contribution in [0.5, 0.6) is 5.88 Å². The number of rotatable bonds is 2. The first-order valence-corrected chi connectivity index (χ1v) is 4.34. The predicted octanol–water partition coefficient (Wildman–Crippen LogP) is 3.10. The Morgan fingerprint density at radius 1 is 1.54 bits per heavy atom. The molecule has 72 valence electrons. The molecule has 0 bridgehead atoms. The van der Waals surface area contributed by atoms with E-state index in [2.05, 4.69) is 20.9 Å². The molecule has 0 unspecified atom stereocenters. The van der Waals surface area contributed by atoms with Gasteiger partial charge in [0.15, 0.2) is 0 Å². The standard InChI is InChI=1S/C8H8BrF2NO/c1-4-3-5(7(10)11)6(9)12-8(4)13-2/h3,7H,1-2H3. The lowest BCUT2D eigenvalue weighted by atomic mass is 10.2. The van der Waals surface area contributed by atoms with Crippen LogP contribution in [0.4, 0.5) is 8.78 Å². The third kappa shape index (κ3) is 2.15. The summed E-state index contributed by atoms with van der Waals surface area (Å²) in [5, 5.41) is 0. The molecule has 13 heavy (non-hydrogen) atoms. The number of pyridine rings is 1. The zero-order valence-electron chi connectivity index (χ0n) is 7.14. The smallest absolute Gasteiger partial charge is 0.266 e. The molecule has 1 aromatic rings. The molecule has 0 spiro atoms. The summed E-state index contributed by atoms with van der Waals surface area (Å²) in [6.07, 6.45) is -2.52. The van der Waals surface area contributed by atoms with Crippen molar-refractivity contribution in [3.05, 3.63) is 21.8 Å². The monoisotopic (exact) mass is 251 g/mol. The Morgan fingerprint density at radius 2 is 2.15 bits per heavy atom. The van der Waals surface area contributed by atoms with E-state index >= 15 is 0 Å². The molecule has 0 radical (unpaired) electrons. The van der Waals surface area contributed by atoms with Crippen molar-refractivity contribution < 1.29 is 13.5 Å². The van der Waals surface area contributed by atoms with E-state index in [0.29, 0.717) is 11.4 Å². The fourth-order valence-electron chi connectivity index (χ4n) is 0.956. The van der Waals surface area contributed by atoms with E-state index in [-0.39, 0.29) is 10.2 Å². The molecular formula is C8H8BrF2NO. The van der Waals surface area contributed by atoms with Crippen molar-refractivity contribution in [1.82, 2.24) is 4.98 Å². The van der Waals surface area contributed by atoms with Crippen molar-refractivity contribution in [2.75, 3.05) is 7.11 Å². The maximum Gasteiger partial charge on any atom is 0.266 e. The third-order valence-corrected chi connectivity index (χ3v) is 2.21. The van der Waals surface area contributed by atoms with E-state index in [0.717, 1.165) is 0 Å². The van der Waals surface area contributed by atoms with Crippen molar-refractivity contribution in [1.29, 1.82) is 0 Å². The minimum atomic E-state index is -2.52. The lowest BCUT2D eigenvalue weighted by Gasteiger charge is -2.07. The number of hydrogen-bond donors (Lipinski definition) is 0. The van der Waals surface area contributed by atoms with Gasteiger partial charge in [0.2, 0.25) is 5.88 Å². The van der Waals surface area contributed by atoms with Crippen LogP contribution in [0.1, 0.15) is 17.6 Å². The Kier molecular flexibility index (Phi) is 3.19. The van der Waals surface area contributed by atoms with E-state index in [9.17, 15) is 8.78 Å². The van der Waals surface area contributed by atoms with E-state index in [1.54, 1.807) is 6.92 Å². The Labute approximate surface area is 83.1 Å². The van der Waals surface area contributed by atoms with Gasteiger partial charge in [-0.05, 0) is 28.9 Å². The summed E-state index contributed by atoms with van der Waals surface area (Å²) in [4.78, 5) is 3.83. The van der Waals surface area contributed by atoms with Gasteiger partial charge in [-0.15, -0.1) is 0 Å². The molecule has 1 heterocycles. The minimum absolute atomic E-state index is 0.113. The summed E-state index contributed by atoms with van der Waals surface area (Å²) >= 11 is 2.95. The average molecular weight is 252 g/mol. The Balaban J connectivity index is 3.20. The highest BCUT2D eigenvalue weighted by Gasteiger charge is 2.15. The summed E-state index contributed by atoms with van der Waals surface area (Å²) in [5.41, 5.74) is 0.485. The topological polar surface area (TPSA) is 22.1 Å². The number of aromatic nitrogens is 1. The van der Waals surface area contributed by atoms with E-state index < -0.39 is 6.43 Å². The summed E-state index contributed by atoms with van der Waals surface area (Å²) < 4.78 is 29.7. The fraction of sp³-hybridized carbons (Fsp3) is 0.375. The first-order chi connectivity index (χ1) is 6.06. The van der Waals surface area contributed by atoms with E-state index in [1.807, 2.05) is 0 Å². The van der Waals surface area contributed by atoms with Gasteiger partial charge in [0.05, 0.1) is 12.7 Å². The van der Waals surface area contributed by atoms with Crippen molar-refractivity contribution >= 4 is 15.9 Å². The maximum absolute atomic E-state index is 12.3. The lowest BCUT2D eigenvalue weighted by Crippen LogP contribution is -1.96. The molecule has 0 N–H and O–H groups in total. The zero-order valence-corrected chi connectivity index (χ0v) is 8.73. The molecule has 1 aromatic heterocycles. The highest BCUT2D eigenvalue weighted by molar-refractivity contribution is 9.10. The van der Waals surface area contributed by atoms with Crippen LogP contribution < -0.4 is 4.74 Å². The average Bonchev–Trinajstić information content (AvgIpc) is 2.07. The van der Waals surface area contributed by atoms with Crippen molar-refractivity contribution in [2.45, 2.75) is 13.3 Å².